The second-order valence-corrected chi connectivity index (χ2v) is 2.44. The van der Waals surface area contributed by atoms with Crippen molar-refractivity contribution in [1.82, 2.24) is 0 Å². The maximum atomic E-state index is 12.7. The standard InChI is InChI=1S/C9H7FN2O2/c10-8(9(12)13)14-7-4-2-1-3-6(7)5-11/h1-4,8H,(H2,12,13). The number of hydrogen-bond donors (Lipinski definition) is 1. The van der Waals surface area contributed by atoms with Gasteiger partial charge in [0.15, 0.2) is 0 Å². The van der Waals surface area contributed by atoms with Crippen LogP contribution in [0.15, 0.2) is 24.3 Å². The van der Waals surface area contributed by atoms with Gasteiger partial charge in [0, 0.05) is 0 Å². The van der Waals surface area contributed by atoms with E-state index in [0.29, 0.717) is 0 Å². The topological polar surface area (TPSA) is 76.1 Å². The van der Waals surface area contributed by atoms with Crippen LogP contribution in [0.5, 0.6) is 5.75 Å². The van der Waals surface area contributed by atoms with E-state index in [-0.39, 0.29) is 11.3 Å². The molecule has 1 amide bonds. The number of primary amides is 1. The van der Waals surface area contributed by atoms with Gasteiger partial charge in [0.25, 0.3) is 5.91 Å². The second kappa shape index (κ2) is 4.23. The molecule has 0 saturated carbocycles. The fourth-order valence-electron chi connectivity index (χ4n) is 0.831. The van der Waals surface area contributed by atoms with Gasteiger partial charge in [-0.2, -0.15) is 9.65 Å². The van der Waals surface area contributed by atoms with Crippen molar-refractivity contribution in [2.45, 2.75) is 6.36 Å². The number of benzene rings is 1. The monoisotopic (exact) mass is 194 g/mol. The van der Waals surface area contributed by atoms with Gasteiger partial charge in [-0.25, -0.2) is 0 Å². The normalized spacial score (nSPS) is 11.4. The molecule has 4 nitrogen and oxygen atoms in total. The Kier molecular flexibility index (Phi) is 3.02. The number of alkyl halides is 1. The third kappa shape index (κ3) is 2.20. The molecule has 0 heterocycles. The van der Waals surface area contributed by atoms with E-state index in [0.717, 1.165) is 0 Å². The molecule has 0 aliphatic rings. The Morgan fingerprint density at radius 3 is 2.79 bits per heavy atom. The highest BCUT2D eigenvalue weighted by atomic mass is 19.1. The Morgan fingerprint density at radius 1 is 1.57 bits per heavy atom. The Labute approximate surface area is 79.7 Å². The third-order valence-corrected chi connectivity index (χ3v) is 1.46. The fourth-order valence-corrected chi connectivity index (χ4v) is 0.831. The Morgan fingerprint density at radius 2 is 2.21 bits per heavy atom. The zero-order valence-electron chi connectivity index (χ0n) is 7.11. The van der Waals surface area contributed by atoms with Crippen LogP contribution in [0.3, 0.4) is 0 Å². The van der Waals surface area contributed by atoms with Crippen LogP contribution >= 0.6 is 0 Å². The smallest absolute Gasteiger partial charge is 0.316 e. The molecule has 5 heteroatoms. The molecule has 72 valence electrons. The van der Waals surface area contributed by atoms with Gasteiger partial charge in [0.05, 0.1) is 5.56 Å². The van der Waals surface area contributed by atoms with Gasteiger partial charge in [0.2, 0.25) is 0 Å². The van der Waals surface area contributed by atoms with Crippen molar-refractivity contribution in [3.63, 3.8) is 0 Å². The minimum absolute atomic E-state index is 0.00120. The van der Waals surface area contributed by atoms with Crippen molar-refractivity contribution >= 4 is 5.91 Å². The Balaban J connectivity index is 2.87. The van der Waals surface area contributed by atoms with Gasteiger partial charge < -0.3 is 10.5 Å². The van der Waals surface area contributed by atoms with E-state index >= 15 is 0 Å². The van der Waals surface area contributed by atoms with Gasteiger partial charge in [-0.15, -0.1) is 0 Å². The van der Waals surface area contributed by atoms with E-state index < -0.39 is 12.3 Å². The van der Waals surface area contributed by atoms with E-state index in [1.165, 1.54) is 12.1 Å². The number of carbonyl (C=O) groups excluding carboxylic acids is 1. The number of nitrogens with zero attached hydrogens (tertiary/aromatic N) is 1. The van der Waals surface area contributed by atoms with E-state index in [1.807, 2.05) is 0 Å². The molecule has 0 fully saturated rings. The second-order valence-electron chi connectivity index (χ2n) is 2.44. The Bertz CT molecular complexity index is 387. The van der Waals surface area contributed by atoms with Crippen LogP contribution < -0.4 is 10.5 Å². The molecule has 0 spiro atoms. The highest BCUT2D eigenvalue weighted by Gasteiger charge is 2.16. The van der Waals surface area contributed by atoms with Crippen molar-refractivity contribution in [1.29, 1.82) is 5.26 Å². The van der Waals surface area contributed by atoms with E-state index in [4.69, 9.17) is 5.26 Å². The molecular formula is C9H7FN2O2. The highest BCUT2D eigenvalue weighted by molar-refractivity contribution is 5.77. The summed E-state index contributed by atoms with van der Waals surface area (Å²) in [6.07, 6.45) is -2.23. The molecule has 0 aliphatic heterocycles. The summed E-state index contributed by atoms with van der Waals surface area (Å²) in [6.45, 7) is 0. The van der Waals surface area contributed by atoms with Crippen LogP contribution in [0.1, 0.15) is 5.56 Å². The number of hydrogen-bond acceptors (Lipinski definition) is 3. The summed E-state index contributed by atoms with van der Waals surface area (Å²) in [4.78, 5) is 10.3. The molecule has 0 saturated heterocycles. The number of carbonyl (C=O) groups is 1. The van der Waals surface area contributed by atoms with Crippen LogP contribution in [0.4, 0.5) is 4.39 Å². The van der Waals surface area contributed by atoms with Crippen LogP contribution in [0.25, 0.3) is 0 Å². The van der Waals surface area contributed by atoms with Crippen LogP contribution in [0.2, 0.25) is 0 Å². The first-order valence-corrected chi connectivity index (χ1v) is 3.74. The minimum Gasteiger partial charge on any atom is -0.450 e. The number of halogens is 1. The zero-order valence-corrected chi connectivity index (χ0v) is 7.11. The SMILES string of the molecule is N#Cc1ccccc1OC(F)C(N)=O. The number of ether oxygens (including phenoxy) is 1. The molecule has 1 unspecified atom stereocenters. The molecule has 1 atom stereocenters. The third-order valence-electron chi connectivity index (χ3n) is 1.46. The van der Waals surface area contributed by atoms with Crippen molar-refractivity contribution in [3.05, 3.63) is 29.8 Å². The number of amides is 1. The molecule has 1 aromatic carbocycles. The molecule has 2 N–H and O–H groups in total. The number of rotatable bonds is 3. The number of nitrogens with two attached hydrogens (primary N) is 1. The largest absolute Gasteiger partial charge is 0.450 e. The maximum Gasteiger partial charge on any atom is 0.316 e. The van der Waals surface area contributed by atoms with Crippen molar-refractivity contribution in [2.75, 3.05) is 0 Å². The first kappa shape index (κ1) is 9.99. The van der Waals surface area contributed by atoms with E-state index in [9.17, 15) is 9.18 Å². The van der Waals surface area contributed by atoms with Crippen LogP contribution in [-0.4, -0.2) is 12.3 Å². The quantitative estimate of drug-likeness (QED) is 0.770. The van der Waals surface area contributed by atoms with Gasteiger partial charge in [-0.05, 0) is 12.1 Å². The van der Waals surface area contributed by atoms with Crippen LogP contribution in [0, 0.1) is 11.3 Å². The predicted molar refractivity (Wildman–Crippen MR) is 45.9 cm³/mol. The highest BCUT2D eigenvalue weighted by Crippen LogP contribution is 2.18. The summed E-state index contributed by atoms with van der Waals surface area (Å²) in [5.74, 6) is -1.22. The number of para-hydroxylation sites is 1. The average Bonchev–Trinajstić information content (AvgIpc) is 2.18. The van der Waals surface area contributed by atoms with Gasteiger partial charge in [-0.3, -0.25) is 4.79 Å². The summed E-state index contributed by atoms with van der Waals surface area (Å²) in [7, 11) is 0. The van der Waals surface area contributed by atoms with Crippen LogP contribution in [-0.2, 0) is 4.79 Å². The number of nitriles is 1. The lowest BCUT2D eigenvalue weighted by Crippen LogP contribution is -2.29. The van der Waals surface area contributed by atoms with E-state index in [2.05, 4.69) is 10.5 Å². The summed E-state index contributed by atoms with van der Waals surface area (Å²) in [6, 6.07) is 7.79. The molecule has 0 aromatic heterocycles. The van der Waals surface area contributed by atoms with Crippen molar-refractivity contribution in [2.24, 2.45) is 5.73 Å². The first-order valence-electron chi connectivity index (χ1n) is 3.74. The predicted octanol–water partition coefficient (Wildman–Crippen LogP) is 0.718. The molecule has 14 heavy (non-hydrogen) atoms. The summed E-state index contributed by atoms with van der Waals surface area (Å²) < 4.78 is 17.3. The first-order chi connectivity index (χ1) is 6.65. The summed E-state index contributed by atoms with van der Waals surface area (Å²) in [5, 5.41) is 8.60. The van der Waals surface area contributed by atoms with Gasteiger partial charge in [-0.1, -0.05) is 12.1 Å². The fraction of sp³-hybridized carbons (Fsp3) is 0.111. The molecule has 0 aliphatic carbocycles. The average molecular weight is 194 g/mol. The lowest BCUT2D eigenvalue weighted by atomic mass is 10.2. The maximum absolute atomic E-state index is 12.7. The van der Waals surface area contributed by atoms with Crippen molar-refractivity contribution in [3.8, 4) is 11.8 Å². The summed E-state index contributed by atoms with van der Waals surface area (Å²) >= 11 is 0. The molecular weight excluding hydrogens is 187 g/mol. The molecule has 0 radical (unpaired) electrons. The van der Waals surface area contributed by atoms with E-state index in [1.54, 1.807) is 18.2 Å². The van der Waals surface area contributed by atoms with Crippen molar-refractivity contribution < 1.29 is 13.9 Å². The van der Waals surface area contributed by atoms with Gasteiger partial charge >= 0.3 is 6.36 Å². The Hall–Kier alpha value is -2.09. The lowest BCUT2D eigenvalue weighted by molar-refractivity contribution is -0.131. The zero-order chi connectivity index (χ0) is 10.6. The summed E-state index contributed by atoms with van der Waals surface area (Å²) in [5.41, 5.74) is 4.80. The lowest BCUT2D eigenvalue weighted by Gasteiger charge is -2.08. The van der Waals surface area contributed by atoms with Gasteiger partial charge in [0.1, 0.15) is 11.8 Å². The minimum atomic E-state index is -2.23. The molecule has 1 aromatic rings. The molecule has 0 bridgehead atoms. The molecule has 1 rings (SSSR count).